The third kappa shape index (κ3) is 4.68. The van der Waals surface area contributed by atoms with Crippen molar-refractivity contribution in [2.45, 2.75) is 18.9 Å². The molecule has 2 heterocycles. The van der Waals surface area contributed by atoms with E-state index in [0.29, 0.717) is 5.69 Å². The summed E-state index contributed by atoms with van der Waals surface area (Å²) < 4.78 is 0. The molecule has 2 N–H and O–H groups in total. The van der Waals surface area contributed by atoms with Gasteiger partial charge in [0.05, 0.1) is 0 Å². The zero-order valence-corrected chi connectivity index (χ0v) is 14.4. The van der Waals surface area contributed by atoms with Crippen LogP contribution in [0.4, 0.5) is 0 Å². The molecule has 1 saturated heterocycles. The first kappa shape index (κ1) is 18.9. The number of hydrogen-bond acceptors (Lipinski definition) is 4. The molecule has 1 aromatic heterocycles. The number of hydrogen-bond donors (Lipinski definition) is 2. The molecule has 7 heteroatoms. The number of thiazole rings is 1. The summed E-state index contributed by atoms with van der Waals surface area (Å²) >= 11 is 1.51. The lowest BCUT2D eigenvalue weighted by Gasteiger charge is -2.23. The molecule has 0 bridgehead atoms. The third-order valence-corrected chi connectivity index (χ3v) is 4.28. The van der Waals surface area contributed by atoms with Gasteiger partial charge in [-0.25, -0.2) is 4.98 Å². The Morgan fingerprint density at radius 3 is 2.73 bits per heavy atom. The number of piperidine rings is 1. The Labute approximate surface area is 146 Å². The lowest BCUT2D eigenvalue weighted by atomic mass is 10.1. The van der Waals surface area contributed by atoms with E-state index in [-0.39, 0.29) is 36.8 Å². The van der Waals surface area contributed by atoms with Gasteiger partial charge in [-0.15, -0.1) is 36.2 Å². The van der Waals surface area contributed by atoms with Crippen molar-refractivity contribution in [3.8, 4) is 10.6 Å². The van der Waals surface area contributed by atoms with Gasteiger partial charge in [0, 0.05) is 23.5 Å². The fourth-order valence-corrected chi connectivity index (χ4v) is 3.13. The third-order valence-electron chi connectivity index (χ3n) is 3.39. The molecule has 1 amide bonds. The van der Waals surface area contributed by atoms with Crippen molar-refractivity contribution in [3.63, 3.8) is 0 Å². The first-order chi connectivity index (χ1) is 9.83. The van der Waals surface area contributed by atoms with Crippen LogP contribution in [0.3, 0.4) is 0 Å². The van der Waals surface area contributed by atoms with Gasteiger partial charge >= 0.3 is 0 Å². The molecular formula is C15H19Cl2N3OS. The standard InChI is InChI=1S/C15H17N3OS.2ClH/c19-14(17-12-7-4-8-16-9-12)13-10-20-15(18-13)11-5-2-1-3-6-11;;/h1-3,5-6,10,12,16H,4,7-9H2,(H,17,19);2*1H/t12-;;/m0../s1. The second-order valence-corrected chi connectivity index (χ2v) is 5.78. The quantitative estimate of drug-likeness (QED) is 0.884. The number of carbonyl (C=O) groups excluding carboxylic acids is 1. The summed E-state index contributed by atoms with van der Waals surface area (Å²) in [6.07, 6.45) is 2.14. The van der Waals surface area contributed by atoms with Gasteiger partial charge in [0.25, 0.3) is 5.91 Å². The van der Waals surface area contributed by atoms with Crippen LogP contribution in [0.2, 0.25) is 0 Å². The predicted molar refractivity (Wildman–Crippen MR) is 95.4 cm³/mol. The van der Waals surface area contributed by atoms with E-state index in [1.54, 1.807) is 0 Å². The van der Waals surface area contributed by atoms with E-state index in [1.807, 2.05) is 35.7 Å². The molecular weight excluding hydrogens is 341 g/mol. The number of nitrogens with one attached hydrogen (secondary N) is 2. The molecule has 1 aliphatic heterocycles. The average Bonchev–Trinajstić information content (AvgIpc) is 2.99. The zero-order chi connectivity index (χ0) is 13.8. The van der Waals surface area contributed by atoms with Crippen LogP contribution < -0.4 is 10.6 Å². The smallest absolute Gasteiger partial charge is 0.271 e. The van der Waals surface area contributed by atoms with E-state index in [0.717, 1.165) is 36.5 Å². The number of aromatic nitrogens is 1. The van der Waals surface area contributed by atoms with Gasteiger partial charge in [-0.05, 0) is 19.4 Å². The summed E-state index contributed by atoms with van der Waals surface area (Å²) in [6.45, 7) is 1.89. The Balaban J connectivity index is 0.00000121. The van der Waals surface area contributed by atoms with E-state index >= 15 is 0 Å². The molecule has 0 radical (unpaired) electrons. The van der Waals surface area contributed by atoms with Crippen LogP contribution >= 0.6 is 36.2 Å². The van der Waals surface area contributed by atoms with Gasteiger partial charge in [-0.1, -0.05) is 30.3 Å². The normalized spacial score (nSPS) is 17.0. The predicted octanol–water partition coefficient (Wildman–Crippen LogP) is 3.14. The maximum atomic E-state index is 12.2. The Morgan fingerprint density at radius 2 is 2.05 bits per heavy atom. The minimum atomic E-state index is -0.0721. The van der Waals surface area contributed by atoms with Crippen LogP contribution in [0.25, 0.3) is 10.6 Å². The molecule has 22 heavy (non-hydrogen) atoms. The van der Waals surface area contributed by atoms with Crippen molar-refractivity contribution in [3.05, 3.63) is 41.4 Å². The largest absolute Gasteiger partial charge is 0.347 e. The summed E-state index contributed by atoms with van der Waals surface area (Å²) in [4.78, 5) is 16.6. The first-order valence-electron chi connectivity index (χ1n) is 6.85. The highest BCUT2D eigenvalue weighted by Crippen LogP contribution is 2.23. The molecule has 1 atom stereocenters. The maximum absolute atomic E-state index is 12.2. The monoisotopic (exact) mass is 359 g/mol. The molecule has 0 unspecified atom stereocenters. The van der Waals surface area contributed by atoms with Crippen molar-refractivity contribution in [1.29, 1.82) is 0 Å². The fraction of sp³-hybridized carbons (Fsp3) is 0.333. The molecule has 1 aliphatic rings. The van der Waals surface area contributed by atoms with Gasteiger partial charge in [-0.2, -0.15) is 0 Å². The molecule has 0 saturated carbocycles. The van der Waals surface area contributed by atoms with Gasteiger partial charge in [0.2, 0.25) is 0 Å². The number of carbonyl (C=O) groups is 1. The van der Waals surface area contributed by atoms with Crippen molar-refractivity contribution < 1.29 is 4.79 Å². The SMILES string of the molecule is Cl.Cl.O=C(N[C@H]1CCCNC1)c1csc(-c2ccccc2)n1. The lowest BCUT2D eigenvalue weighted by Crippen LogP contribution is -2.45. The second kappa shape index (κ2) is 9.10. The fourth-order valence-electron chi connectivity index (χ4n) is 2.33. The van der Waals surface area contributed by atoms with E-state index in [9.17, 15) is 4.79 Å². The summed E-state index contributed by atoms with van der Waals surface area (Å²) in [5, 5.41) is 9.05. The zero-order valence-electron chi connectivity index (χ0n) is 12.0. The van der Waals surface area contributed by atoms with Gasteiger partial charge < -0.3 is 10.6 Å². The van der Waals surface area contributed by atoms with Crippen LogP contribution in [0.1, 0.15) is 23.3 Å². The number of benzene rings is 1. The molecule has 0 aliphatic carbocycles. The van der Waals surface area contributed by atoms with E-state index in [2.05, 4.69) is 15.6 Å². The van der Waals surface area contributed by atoms with Crippen LogP contribution in [0.15, 0.2) is 35.7 Å². The summed E-state index contributed by atoms with van der Waals surface area (Å²) in [5.41, 5.74) is 1.57. The lowest BCUT2D eigenvalue weighted by molar-refractivity contribution is 0.0926. The highest BCUT2D eigenvalue weighted by Gasteiger charge is 2.18. The average molecular weight is 360 g/mol. The number of halogens is 2. The molecule has 1 aromatic carbocycles. The molecule has 0 spiro atoms. The Kier molecular flexibility index (Phi) is 7.82. The summed E-state index contributed by atoms with van der Waals surface area (Å²) in [6, 6.07) is 10.2. The van der Waals surface area contributed by atoms with Gasteiger partial charge in [0.15, 0.2) is 0 Å². The van der Waals surface area contributed by atoms with Crippen molar-refractivity contribution in [2.24, 2.45) is 0 Å². The molecule has 4 nitrogen and oxygen atoms in total. The second-order valence-electron chi connectivity index (χ2n) is 4.92. The van der Waals surface area contributed by atoms with Crippen molar-refractivity contribution in [1.82, 2.24) is 15.6 Å². The van der Waals surface area contributed by atoms with Gasteiger partial charge in [-0.3, -0.25) is 4.79 Å². The minimum absolute atomic E-state index is 0. The first-order valence-corrected chi connectivity index (χ1v) is 7.73. The molecule has 2 aromatic rings. The van der Waals surface area contributed by atoms with Gasteiger partial charge in [0.1, 0.15) is 10.7 Å². The maximum Gasteiger partial charge on any atom is 0.271 e. The van der Waals surface area contributed by atoms with Crippen LogP contribution in [0.5, 0.6) is 0 Å². The Bertz CT molecular complexity index is 585. The van der Waals surface area contributed by atoms with Crippen LogP contribution in [0, 0.1) is 0 Å². The minimum Gasteiger partial charge on any atom is -0.347 e. The number of rotatable bonds is 3. The highest BCUT2D eigenvalue weighted by atomic mass is 35.5. The Morgan fingerprint density at radius 1 is 1.27 bits per heavy atom. The summed E-state index contributed by atoms with van der Waals surface area (Å²) in [7, 11) is 0. The van der Waals surface area contributed by atoms with E-state index < -0.39 is 0 Å². The number of amides is 1. The molecule has 1 fully saturated rings. The summed E-state index contributed by atoms with van der Waals surface area (Å²) in [5.74, 6) is -0.0721. The molecule has 120 valence electrons. The van der Waals surface area contributed by atoms with Crippen molar-refractivity contribution >= 4 is 42.1 Å². The topological polar surface area (TPSA) is 54.0 Å². The Hall–Kier alpha value is -1.14. The van der Waals surface area contributed by atoms with Crippen LogP contribution in [-0.2, 0) is 0 Å². The molecule has 3 rings (SSSR count). The number of nitrogens with zero attached hydrogens (tertiary/aromatic N) is 1. The van der Waals surface area contributed by atoms with E-state index in [4.69, 9.17) is 0 Å². The highest BCUT2D eigenvalue weighted by molar-refractivity contribution is 7.13. The van der Waals surface area contributed by atoms with E-state index in [1.165, 1.54) is 11.3 Å². The van der Waals surface area contributed by atoms with Crippen LogP contribution in [-0.4, -0.2) is 30.0 Å². The van der Waals surface area contributed by atoms with Crippen molar-refractivity contribution in [2.75, 3.05) is 13.1 Å².